The third kappa shape index (κ3) is 8.46. The zero-order chi connectivity index (χ0) is 29.3. The van der Waals surface area contributed by atoms with E-state index in [1.807, 2.05) is 19.2 Å². The normalized spacial score (nSPS) is 17.1. The lowest BCUT2D eigenvalue weighted by atomic mass is 9.92. The number of nitriles is 1. The molecule has 1 N–H and O–H groups in total. The molecule has 0 bridgehead atoms. The van der Waals surface area contributed by atoms with Crippen LogP contribution in [0.3, 0.4) is 0 Å². The molecule has 13 nitrogen and oxygen atoms in total. The Bertz CT molecular complexity index is 1220. The van der Waals surface area contributed by atoms with E-state index in [2.05, 4.69) is 27.1 Å². The number of anilines is 1. The van der Waals surface area contributed by atoms with E-state index in [1.54, 1.807) is 36.4 Å². The fraction of sp³-hybridized carbons (Fsp3) is 0.630. The first-order valence-corrected chi connectivity index (χ1v) is 13.4. The molecule has 1 aliphatic heterocycles. The van der Waals surface area contributed by atoms with Crippen LogP contribution in [-0.4, -0.2) is 82.5 Å². The minimum atomic E-state index is -0.800. The number of ether oxygens (including phenoxy) is 3. The molecule has 0 radical (unpaired) electrons. The molecular formula is C27H39N7O6. The van der Waals surface area contributed by atoms with Crippen molar-refractivity contribution in [1.82, 2.24) is 24.8 Å². The van der Waals surface area contributed by atoms with E-state index in [0.717, 1.165) is 11.8 Å². The Kier molecular flexibility index (Phi) is 10.5. The van der Waals surface area contributed by atoms with Crippen LogP contribution in [0.4, 0.5) is 15.4 Å². The Hall–Kier alpha value is -4.08. The molecule has 2 aromatic heterocycles. The Balaban J connectivity index is 1.50. The highest BCUT2D eigenvalue weighted by atomic mass is 16.7. The van der Waals surface area contributed by atoms with Crippen LogP contribution >= 0.6 is 0 Å². The highest BCUT2D eigenvalue weighted by Gasteiger charge is 2.32. The van der Waals surface area contributed by atoms with Gasteiger partial charge in [0.15, 0.2) is 6.73 Å². The van der Waals surface area contributed by atoms with Crippen molar-refractivity contribution in [1.29, 1.82) is 5.26 Å². The molecule has 0 spiro atoms. The van der Waals surface area contributed by atoms with E-state index in [1.165, 1.54) is 6.33 Å². The van der Waals surface area contributed by atoms with Crippen LogP contribution in [0.5, 0.6) is 0 Å². The van der Waals surface area contributed by atoms with E-state index in [0.29, 0.717) is 49.9 Å². The predicted molar refractivity (Wildman–Crippen MR) is 146 cm³/mol. The van der Waals surface area contributed by atoms with Gasteiger partial charge >= 0.3 is 12.2 Å². The highest BCUT2D eigenvalue weighted by molar-refractivity contribution is 5.88. The van der Waals surface area contributed by atoms with Crippen LogP contribution in [-0.2, 0) is 25.7 Å². The first kappa shape index (κ1) is 30.5. The first-order valence-electron chi connectivity index (χ1n) is 13.4. The molecule has 1 fully saturated rings. The number of nitrogens with zero attached hydrogens (tertiary/aromatic N) is 6. The minimum Gasteiger partial charge on any atom is -0.444 e. The number of unbranched alkanes of at least 4 members (excludes halogenated alkanes) is 1. The number of carbonyl (C=O) groups excluding carboxylic acids is 3. The number of likely N-dealkylation sites (tertiary alicyclic amines) is 1. The average molecular weight is 558 g/mol. The number of piperidine rings is 1. The number of alkyl carbamates (subject to hydrolysis) is 1. The minimum absolute atomic E-state index is 0.0170. The smallest absolute Gasteiger partial charge is 0.444 e. The predicted octanol–water partition coefficient (Wildman–Crippen LogP) is 3.43. The number of aromatic nitrogens is 3. The number of rotatable bonds is 10. The molecule has 218 valence electrons. The Labute approximate surface area is 234 Å². The third-order valence-corrected chi connectivity index (χ3v) is 6.65. The standard InChI is InChI=1S/C27H39N7O6/c1-19-9-13-33(22(35)8-11-28)16-21(19)32(5)23-20-10-14-34(24(20)31-17-30-23)18-39-26(37)38-15-7-6-12-29-25(36)40-27(2,3)4/h10,14,17,19,21H,6-9,12-13,15-16,18H2,1-5H3,(H,29,36)/t19-,21+/m1/s1. The van der Waals surface area contributed by atoms with Crippen molar-refractivity contribution in [2.45, 2.75) is 71.8 Å². The lowest BCUT2D eigenvalue weighted by Crippen LogP contribution is -2.52. The first-order chi connectivity index (χ1) is 19.0. The lowest BCUT2D eigenvalue weighted by molar-refractivity contribution is -0.131. The fourth-order valence-electron chi connectivity index (χ4n) is 4.54. The fourth-order valence-corrected chi connectivity index (χ4v) is 4.54. The second kappa shape index (κ2) is 13.8. The summed E-state index contributed by atoms with van der Waals surface area (Å²) >= 11 is 0. The van der Waals surface area contributed by atoms with E-state index >= 15 is 0 Å². The maximum Gasteiger partial charge on any atom is 0.510 e. The maximum absolute atomic E-state index is 12.3. The van der Waals surface area contributed by atoms with Gasteiger partial charge in [-0.1, -0.05) is 6.92 Å². The molecule has 3 rings (SSSR count). The van der Waals surface area contributed by atoms with Gasteiger partial charge in [0, 0.05) is 32.9 Å². The van der Waals surface area contributed by atoms with E-state index in [4.69, 9.17) is 19.5 Å². The summed E-state index contributed by atoms with van der Waals surface area (Å²) in [4.78, 5) is 48.7. The van der Waals surface area contributed by atoms with Crippen LogP contribution in [0.15, 0.2) is 18.6 Å². The molecule has 1 saturated heterocycles. The van der Waals surface area contributed by atoms with Crippen LogP contribution in [0.2, 0.25) is 0 Å². The summed E-state index contributed by atoms with van der Waals surface area (Å²) < 4.78 is 17.2. The molecule has 0 aromatic carbocycles. The molecule has 2 aromatic rings. The van der Waals surface area contributed by atoms with Gasteiger partial charge in [0.25, 0.3) is 0 Å². The molecule has 2 atom stereocenters. The summed E-state index contributed by atoms with van der Waals surface area (Å²) in [5.74, 6) is 0.862. The number of amides is 2. The molecule has 0 aliphatic carbocycles. The average Bonchev–Trinajstić information content (AvgIpc) is 3.31. The van der Waals surface area contributed by atoms with Gasteiger partial charge < -0.3 is 29.3 Å². The summed E-state index contributed by atoms with van der Waals surface area (Å²) in [6.45, 7) is 9.16. The molecule has 2 amide bonds. The summed E-state index contributed by atoms with van der Waals surface area (Å²) in [5.41, 5.74) is 0.0426. The topological polar surface area (TPSA) is 152 Å². The van der Waals surface area contributed by atoms with Gasteiger partial charge in [-0.15, -0.1) is 0 Å². The molecule has 0 unspecified atom stereocenters. The van der Waals surface area contributed by atoms with Crippen molar-refractivity contribution in [3.05, 3.63) is 18.6 Å². The number of nitrogens with one attached hydrogen (secondary N) is 1. The summed E-state index contributed by atoms with van der Waals surface area (Å²) in [5, 5.41) is 12.3. The third-order valence-electron chi connectivity index (χ3n) is 6.65. The van der Waals surface area contributed by atoms with Crippen molar-refractivity contribution in [2.75, 3.05) is 38.2 Å². The van der Waals surface area contributed by atoms with Crippen molar-refractivity contribution < 1.29 is 28.6 Å². The highest BCUT2D eigenvalue weighted by Crippen LogP contribution is 2.29. The van der Waals surface area contributed by atoms with Crippen LogP contribution in [0, 0.1) is 17.2 Å². The zero-order valence-electron chi connectivity index (χ0n) is 23.9. The number of carbonyl (C=O) groups is 3. The Morgan fingerprint density at radius 1 is 1.23 bits per heavy atom. The number of likely N-dealkylation sites (N-methyl/N-ethyl adjacent to an activating group) is 1. The summed E-state index contributed by atoms with van der Waals surface area (Å²) in [6.07, 6.45) is 3.82. The monoisotopic (exact) mass is 557 g/mol. The van der Waals surface area contributed by atoms with Crippen molar-refractivity contribution in [2.24, 2.45) is 5.92 Å². The summed E-state index contributed by atoms with van der Waals surface area (Å²) in [6, 6.07) is 3.81. The molecule has 40 heavy (non-hydrogen) atoms. The molecule has 3 heterocycles. The van der Waals surface area contributed by atoms with Gasteiger partial charge in [-0.05, 0) is 52.0 Å². The quantitative estimate of drug-likeness (QED) is 0.340. The van der Waals surface area contributed by atoms with Crippen LogP contribution in [0.1, 0.15) is 53.4 Å². The van der Waals surface area contributed by atoms with Crippen molar-refractivity contribution in [3.8, 4) is 6.07 Å². The number of hydrogen-bond donors (Lipinski definition) is 1. The van der Waals surface area contributed by atoms with Gasteiger partial charge in [-0.25, -0.2) is 19.6 Å². The van der Waals surface area contributed by atoms with E-state index in [-0.39, 0.29) is 31.7 Å². The Morgan fingerprint density at radius 3 is 2.73 bits per heavy atom. The van der Waals surface area contributed by atoms with Gasteiger partial charge in [-0.3, -0.25) is 9.36 Å². The van der Waals surface area contributed by atoms with Crippen molar-refractivity contribution >= 4 is 35.0 Å². The largest absolute Gasteiger partial charge is 0.510 e. The number of hydrogen-bond acceptors (Lipinski definition) is 10. The van der Waals surface area contributed by atoms with E-state index < -0.39 is 17.8 Å². The SMILES string of the molecule is C[C@@H]1CCN(C(=O)CC#N)C[C@@H]1N(C)c1ncnc2c1ccn2COC(=O)OCCCCNC(=O)OC(C)(C)C. The second-order valence-corrected chi connectivity index (χ2v) is 10.8. The lowest BCUT2D eigenvalue weighted by Gasteiger charge is -2.42. The van der Waals surface area contributed by atoms with Gasteiger partial charge in [0.05, 0.1) is 24.1 Å². The van der Waals surface area contributed by atoms with Crippen LogP contribution < -0.4 is 10.2 Å². The van der Waals surface area contributed by atoms with Gasteiger partial charge in [-0.2, -0.15) is 5.26 Å². The van der Waals surface area contributed by atoms with Gasteiger partial charge in [0.2, 0.25) is 5.91 Å². The number of fused-ring (bicyclic) bond motifs is 1. The zero-order valence-corrected chi connectivity index (χ0v) is 23.9. The molecule has 1 aliphatic rings. The summed E-state index contributed by atoms with van der Waals surface area (Å²) in [7, 11) is 1.94. The molecule has 13 heteroatoms. The van der Waals surface area contributed by atoms with Gasteiger partial charge in [0.1, 0.15) is 29.8 Å². The Morgan fingerprint density at radius 2 is 2.00 bits per heavy atom. The maximum atomic E-state index is 12.3. The van der Waals surface area contributed by atoms with Crippen LogP contribution in [0.25, 0.3) is 11.0 Å². The second-order valence-electron chi connectivity index (χ2n) is 10.8. The van der Waals surface area contributed by atoms with E-state index in [9.17, 15) is 14.4 Å². The molecule has 0 saturated carbocycles. The van der Waals surface area contributed by atoms with Crippen molar-refractivity contribution in [3.63, 3.8) is 0 Å². The molecular weight excluding hydrogens is 518 g/mol.